The largest absolute Gasteiger partial charge is 0.289 e. The number of hydrogen-bond donors (Lipinski definition) is 0. The highest BCUT2D eigenvalue weighted by Gasteiger charge is 2.07. The molecule has 0 saturated heterocycles. The Balaban J connectivity index is 1.53. The molecule has 140 valence electrons. The molecule has 0 spiro atoms. The fraction of sp³-hybridized carbons (Fsp3) is 0. The summed E-state index contributed by atoms with van der Waals surface area (Å²) < 4.78 is 0.891. The number of allylic oxidation sites excluding steroid dienone is 1. The summed E-state index contributed by atoms with van der Waals surface area (Å²) in [5.41, 5.74) is 6.11. The number of ketones is 1. The zero-order chi connectivity index (χ0) is 20.1. The van der Waals surface area contributed by atoms with Crippen LogP contribution in [0, 0.1) is 0 Å². The van der Waals surface area contributed by atoms with Gasteiger partial charge in [-0.1, -0.05) is 107 Å². The van der Waals surface area contributed by atoms with Crippen molar-refractivity contribution < 1.29 is 4.79 Å². The number of rotatable bonds is 5. The maximum absolute atomic E-state index is 12.7. The van der Waals surface area contributed by atoms with Gasteiger partial charge in [0.1, 0.15) is 0 Å². The molecular weight excluding hydrogens is 420 g/mol. The molecule has 4 aromatic rings. The lowest BCUT2D eigenvalue weighted by molar-refractivity contribution is 0.104. The Labute approximate surface area is 179 Å². The Morgan fingerprint density at radius 1 is 0.621 bits per heavy atom. The van der Waals surface area contributed by atoms with Crippen molar-refractivity contribution in [2.45, 2.75) is 0 Å². The van der Waals surface area contributed by atoms with E-state index < -0.39 is 0 Å². The van der Waals surface area contributed by atoms with Gasteiger partial charge in [0.05, 0.1) is 0 Å². The molecule has 0 bridgehead atoms. The van der Waals surface area contributed by atoms with Crippen LogP contribution in [0.1, 0.15) is 15.9 Å². The molecule has 0 N–H and O–H groups in total. The Morgan fingerprint density at radius 3 is 1.79 bits per heavy atom. The van der Waals surface area contributed by atoms with Crippen LogP contribution in [0.2, 0.25) is 0 Å². The van der Waals surface area contributed by atoms with E-state index in [4.69, 9.17) is 0 Å². The van der Waals surface area contributed by atoms with E-state index in [1.54, 1.807) is 6.08 Å². The molecule has 0 atom stereocenters. The summed E-state index contributed by atoms with van der Waals surface area (Å²) in [6.45, 7) is 0. The highest BCUT2D eigenvalue weighted by atomic mass is 79.9. The van der Waals surface area contributed by atoms with E-state index in [0.29, 0.717) is 5.56 Å². The van der Waals surface area contributed by atoms with Crippen LogP contribution >= 0.6 is 15.9 Å². The first-order valence-electron chi connectivity index (χ1n) is 9.43. The normalized spacial score (nSPS) is 10.9. The summed E-state index contributed by atoms with van der Waals surface area (Å²) in [5, 5.41) is 0. The second kappa shape index (κ2) is 8.85. The van der Waals surface area contributed by atoms with Crippen LogP contribution in [-0.4, -0.2) is 5.78 Å². The lowest BCUT2D eigenvalue weighted by Crippen LogP contribution is -1.95. The van der Waals surface area contributed by atoms with E-state index >= 15 is 0 Å². The van der Waals surface area contributed by atoms with E-state index in [9.17, 15) is 4.79 Å². The molecule has 4 rings (SSSR count). The summed E-state index contributed by atoms with van der Waals surface area (Å²) in [6, 6.07) is 34.3. The van der Waals surface area contributed by atoms with Crippen LogP contribution in [0.3, 0.4) is 0 Å². The van der Waals surface area contributed by atoms with Crippen molar-refractivity contribution in [2.75, 3.05) is 0 Å². The first-order valence-corrected chi connectivity index (χ1v) is 10.2. The molecule has 4 aromatic carbocycles. The highest BCUT2D eigenvalue weighted by molar-refractivity contribution is 9.10. The van der Waals surface area contributed by atoms with Crippen LogP contribution < -0.4 is 0 Å². The summed E-state index contributed by atoms with van der Waals surface area (Å²) in [4.78, 5) is 12.7. The van der Waals surface area contributed by atoms with Crippen molar-refractivity contribution in [1.82, 2.24) is 0 Å². The van der Waals surface area contributed by atoms with E-state index in [2.05, 4.69) is 40.2 Å². The van der Waals surface area contributed by atoms with Crippen molar-refractivity contribution in [3.63, 3.8) is 0 Å². The Morgan fingerprint density at radius 2 is 1.17 bits per heavy atom. The monoisotopic (exact) mass is 438 g/mol. The van der Waals surface area contributed by atoms with Gasteiger partial charge in [0.15, 0.2) is 5.78 Å². The summed E-state index contributed by atoms with van der Waals surface area (Å²) >= 11 is 3.53. The molecule has 0 fully saturated rings. The van der Waals surface area contributed by atoms with Crippen LogP contribution in [0.4, 0.5) is 0 Å². The molecule has 0 aromatic heterocycles. The molecule has 0 aliphatic carbocycles. The third-order valence-corrected chi connectivity index (χ3v) is 5.19. The molecule has 0 amide bonds. The molecule has 0 aliphatic rings. The highest BCUT2D eigenvalue weighted by Crippen LogP contribution is 2.26. The molecule has 2 heteroatoms. The molecule has 0 heterocycles. The minimum absolute atomic E-state index is 0.0179. The van der Waals surface area contributed by atoms with Crippen LogP contribution in [-0.2, 0) is 0 Å². The Kier molecular flexibility index (Phi) is 5.83. The van der Waals surface area contributed by atoms with Crippen molar-refractivity contribution in [3.05, 3.63) is 125 Å². The van der Waals surface area contributed by atoms with Gasteiger partial charge in [0.25, 0.3) is 0 Å². The first kappa shape index (κ1) is 19.1. The van der Waals surface area contributed by atoms with Gasteiger partial charge in [-0.25, -0.2) is 0 Å². The number of carbonyl (C=O) groups excluding carboxylic acids is 1. The molecule has 1 nitrogen and oxygen atoms in total. The molecule has 29 heavy (non-hydrogen) atoms. The Bertz CT molecular complexity index is 1140. The predicted molar refractivity (Wildman–Crippen MR) is 125 cm³/mol. The number of halogens is 1. The molecule has 0 unspecified atom stereocenters. The average Bonchev–Trinajstić information content (AvgIpc) is 2.78. The maximum Gasteiger partial charge on any atom is 0.185 e. The van der Waals surface area contributed by atoms with Crippen molar-refractivity contribution in [3.8, 4) is 22.3 Å². The summed E-state index contributed by atoms with van der Waals surface area (Å²) in [5.74, 6) is -0.0179. The molecule has 0 saturated carbocycles. The van der Waals surface area contributed by atoms with Crippen LogP contribution in [0.25, 0.3) is 28.3 Å². The average molecular weight is 439 g/mol. The maximum atomic E-state index is 12.7. The third-order valence-electron chi connectivity index (χ3n) is 4.73. The van der Waals surface area contributed by atoms with Gasteiger partial charge in [-0.15, -0.1) is 0 Å². The fourth-order valence-electron chi connectivity index (χ4n) is 3.21. The van der Waals surface area contributed by atoms with Crippen molar-refractivity contribution in [1.29, 1.82) is 0 Å². The number of benzene rings is 4. The summed E-state index contributed by atoms with van der Waals surface area (Å²) in [7, 11) is 0. The predicted octanol–water partition coefficient (Wildman–Crippen LogP) is 7.68. The van der Waals surface area contributed by atoms with Gasteiger partial charge >= 0.3 is 0 Å². The van der Waals surface area contributed by atoms with Crippen LogP contribution in [0.5, 0.6) is 0 Å². The third kappa shape index (κ3) is 4.79. The standard InChI is InChI=1S/C27H19BrO/c28-26-18-24(22-9-5-2-6-10-22)17-25(19-26)27(29)16-13-20-11-14-23(15-12-20)21-7-3-1-4-8-21/h1-19H. The fourth-order valence-corrected chi connectivity index (χ4v) is 3.71. The second-order valence-electron chi connectivity index (χ2n) is 6.78. The van der Waals surface area contributed by atoms with E-state index in [-0.39, 0.29) is 5.78 Å². The summed E-state index contributed by atoms with van der Waals surface area (Å²) in [6.07, 6.45) is 3.49. The SMILES string of the molecule is O=C(C=Cc1ccc(-c2ccccc2)cc1)c1cc(Br)cc(-c2ccccc2)c1. The molecule has 0 radical (unpaired) electrons. The zero-order valence-electron chi connectivity index (χ0n) is 15.8. The Hall–Kier alpha value is -3.23. The molecular formula is C27H19BrO. The quantitative estimate of drug-likeness (QED) is 0.230. The smallest absolute Gasteiger partial charge is 0.185 e. The van der Waals surface area contributed by atoms with Crippen LogP contribution in [0.15, 0.2) is 114 Å². The minimum Gasteiger partial charge on any atom is -0.289 e. The van der Waals surface area contributed by atoms with Crippen molar-refractivity contribution in [2.24, 2.45) is 0 Å². The topological polar surface area (TPSA) is 17.1 Å². The second-order valence-corrected chi connectivity index (χ2v) is 7.70. The van der Waals surface area contributed by atoms with Gasteiger partial charge in [0.2, 0.25) is 0 Å². The number of carbonyl (C=O) groups is 1. The lowest BCUT2D eigenvalue weighted by Gasteiger charge is -2.05. The van der Waals surface area contributed by atoms with E-state index in [1.807, 2.05) is 84.9 Å². The van der Waals surface area contributed by atoms with Crippen molar-refractivity contribution >= 4 is 27.8 Å². The van der Waals surface area contributed by atoms with E-state index in [0.717, 1.165) is 26.7 Å². The van der Waals surface area contributed by atoms with Gasteiger partial charge in [-0.3, -0.25) is 4.79 Å². The zero-order valence-corrected chi connectivity index (χ0v) is 17.3. The van der Waals surface area contributed by atoms with Gasteiger partial charge in [0, 0.05) is 10.0 Å². The minimum atomic E-state index is -0.0179. The first-order chi connectivity index (χ1) is 14.2. The van der Waals surface area contributed by atoms with Gasteiger partial charge < -0.3 is 0 Å². The molecule has 0 aliphatic heterocycles. The van der Waals surface area contributed by atoms with E-state index in [1.165, 1.54) is 5.56 Å². The van der Waals surface area contributed by atoms with Gasteiger partial charge in [-0.05, 0) is 52.1 Å². The van der Waals surface area contributed by atoms with Gasteiger partial charge in [-0.2, -0.15) is 0 Å². The number of hydrogen-bond acceptors (Lipinski definition) is 1. The lowest BCUT2D eigenvalue weighted by atomic mass is 10.0.